The number of halogens is 1. The molecule has 0 radical (unpaired) electrons. The molecule has 0 bridgehead atoms. The second-order valence-corrected chi connectivity index (χ2v) is 10.2. The van der Waals surface area contributed by atoms with Gasteiger partial charge < -0.3 is 4.90 Å². The zero-order valence-corrected chi connectivity index (χ0v) is 19.3. The molecule has 0 aliphatic carbocycles. The summed E-state index contributed by atoms with van der Waals surface area (Å²) in [4.78, 5) is 2.52. The third-order valence-electron chi connectivity index (χ3n) is 6.13. The lowest BCUT2D eigenvalue weighted by molar-refractivity contribution is 0.561. The fourth-order valence-corrected chi connectivity index (χ4v) is 6.05. The van der Waals surface area contributed by atoms with E-state index in [1.54, 1.807) is 29.1 Å². The van der Waals surface area contributed by atoms with Crippen molar-refractivity contribution in [1.29, 1.82) is 0 Å². The molecule has 1 aromatic heterocycles. The second-order valence-electron chi connectivity index (χ2n) is 8.56. The Labute approximate surface area is 192 Å². The summed E-state index contributed by atoms with van der Waals surface area (Å²) in [6.45, 7) is 5.08. The van der Waals surface area contributed by atoms with Crippen LogP contribution >= 0.6 is 0 Å². The Morgan fingerprint density at radius 2 is 1.85 bits per heavy atom. The molecule has 6 nitrogen and oxygen atoms in total. The molecule has 0 spiro atoms. The Morgan fingerprint density at radius 1 is 1.06 bits per heavy atom. The Kier molecular flexibility index (Phi) is 5.42. The maximum atomic E-state index is 13.3. The van der Waals surface area contributed by atoms with E-state index in [0.29, 0.717) is 17.9 Å². The predicted molar refractivity (Wildman–Crippen MR) is 128 cm³/mol. The van der Waals surface area contributed by atoms with Crippen LogP contribution in [0.2, 0.25) is 0 Å². The van der Waals surface area contributed by atoms with Gasteiger partial charge >= 0.3 is 0 Å². The highest BCUT2D eigenvalue weighted by Crippen LogP contribution is 2.31. The van der Waals surface area contributed by atoms with Gasteiger partial charge in [0.2, 0.25) is 10.0 Å². The monoisotopic (exact) mass is 464 g/mol. The van der Waals surface area contributed by atoms with Gasteiger partial charge in [-0.3, -0.25) is 0 Å². The number of benzene rings is 3. The summed E-state index contributed by atoms with van der Waals surface area (Å²) in [5.74, 6) is -0.290. The van der Waals surface area contributed by atoms with Gasteiger partial charge in [0.25, 0.3) is 0 Å². The van der Waals surface area contributed by atoms with Crippen LogP contribution in [0.5, 0.6) is 0 Å². The Morgan fingerprint density at radius 3 is 2.61 bits per heavy atom. The molecule has 8 heteroatoms. The van der Waals surface area contributed by atoms with Gasteiger partial charge in [-0.15, -0.1) is 0 Å². The Bertz CT molecular complexity index is 1430. The molecule has 0 unspecified atom stereocenters. The van der Waals surface area contributed by atoms with Crippen LogP contribution in [0, 0.1) is 19.7 Å². The average Bonchev–Trinajstić information content (AvgIpc) is 3.41. The molecule has 33 heavy (non-hydrogen) atoms. The van der Waals surface area contributed by atoms with Crippen molar-refractivity contribution in [2.75, 3.05) is 18.0 Å². The molecule has 1 atom stereocenters. The molecular formula is C25H25FN4O2S. The van der Waals surface area contributed by atoms with Gasteiger partial charge in [-0.2, -0.15) is 5.10 Å². The molecule has 0 amide bonds. The van der Waals surface area contributed by atoms with Crippen molar-refractivity contribution in [3.63, 3.8) is 0 Å². The van der Waals surface area contributed by atoms with Crippen LogP contribution in [0.4, 0.5) is 10.1 Å². The number of hydrogen-bond acceptors (Lipinski definition) is 4. The molecule has 170 valence electrons. The van der Waals surface area contributed by atoms with Crippen LogP contribution in [0.15, 0.2) is 71.8 Å². The molecule has 1 N–H and O–H groups in total. The molecular weight excluding hydrogens is 439 g/mol. The van der Waals surface area contributed by atoms with Crippen LogP contribution in [0.3, 0.4) is 0 Å². The third kappa shape index (κ3) is 4.12. The first-order valence-electron chi connectivity index (χ1n) is 10.9. The van der Waals surface area contributed by atoms with E-state index in [4.69, 9.17) is 0 Å². The van der Waals surface area contributed by atoms with Gasteiger partial charge in [0.1, 0.15) is 5.82 Å². The molecule has 1 fully saturated rings. The normalized spacial score (nSPS) is 16.6. The van der Waals surface area contributed by atoms with Gasteiger partial charge in [-0.1, -0.05) is 23.8 Å². The summed E-state index contributed by atoms with van der Waals surface area (Å²) in [6.07, 6.45) is 2.52. The van der Waals surface area contributed by atoms with E-state index in [9.17, 15) is 12.8 Å². The van der Waals surface area contributed by atoms with Gasteiger partial charge in [-0.05, 0) is 68.3 Å². The average molecular weight is 465 g/mol. The van der Waals surface area contributed by atoms with Crippen molar-refractivity contribution in [2.45, 2.75) is 31.2 Å². The van der Waals surface area contributed by atoms with Crippen molar-refractivity contribution >= 4 is 26.6 Å². The zero-order chi connectivity index (χ0) is 23.2. The van der Waals surface area contributed by atoms with E-state index in [0.717, 1.165) is 39.9 Å². The number of rotatable bonds is 5. The molecule has 1 aliphatic rings. The van der Waals surface area contributed by atoms with Crippen LogP contribution in [0.25, 0.3) is 16.6 Å². The SMILES string of the molecule is Cc1ccc(S(=O)(=O)N[C@H]2CCN(c3cccc4c3cnn4-c3ccc(F)cc3)C2)c(C)c1. The number of nitrogens with one attached hydrogen (secondary N) is 1. The Balaban J connectivity index is 1.38. The van der Waals surface area contributed by atoms with Crippen LogP contribution in [-0.4, -0.2) is 37.3 Å². The number of hydrogen-bond donors (Lipinski definition) is 1. The molecule has 1 saturated heterocycles. The van der Waals surface area contributed by atoms with E-state index in [1.807, 2.05) is 44.2 Å². The largest absolute Gasteiger partial charge is 0.369 e. The minimum Gasteiger partial charge on any atom is -0.369 e. The number of aromatic nitrogens is 2. The van der Waals surface area contributed by atoms with Gasteiger partial charge in [0.05, 0.1) is 22.3 Å². The summed E-state index contributed by atoms with van der Waals surface area (Å²) in [7, 11) is -3.60. The lowest BCUT2D eigenvalue weighted by atomic mass is 10.2. The minimum absolute atomic E-state index is 0.182. The fraction of sp³-hybridized carbons (Fsp3) is 0.240. The number of nitrogens with zero attached hydrogens (tertiary/aromatic N) is 3. The molecule has 4 aromatic rings. The molecule has 1 aliphatic heterocycles. The molecule has 3 aromatic carbocycles. The maximum Gasteiger partial charge on any atom is 0.241 e. The lowest BCUT2D eigenvalue weighted by Crippen LogP contribution is -2.37. The highest BCUT2D eigenvalue weighted by atomic mass is 32.2. The molecule has 2 heterocycles. The fourth-order valence-electron chi connectivity index (χ4n) is 4.56. The lowest BCUT2D eigenvalue weighted by Gasteiger charge is -2.20. The van der Waals surface area contributed by atoms with Crippen molar-refractivity contribution in [2.24, 2.45) is 0 Å². The number of aryl methyl sites for hydroxylation is 2. The highest BCUT2D eigenvalue weighted by Gasteiger charge is 2.29. The highest BCUT2D eigenvalue weighted by molar-refractivity contribution is 7.89. The van der Waals surface area contributed by atoms with Crippen LogP contribution < -0.4 is 9.62 Å². The van der Waals surface area contributed by atoms with Gasteiger partial charge in [0.15, 0.2) is 0 Å². The number of fused-ring (bicyclic) bond motifs is 1. The van der Waals surface area contributed by atoms with Crippen LogP contribution in [-0.2, 0) is 10.0 Å². The van der Waals surface area contributed by atoms with Gasteiger partial charge in [0, 0.05) is 30.2 Å². The van der Waals surface area contributed by atoms with E-state index in [-0.39, 0.29) is 11.9 Å². The number of anilines is 1. The predicted octanol–water partition coefficient (Wildman–Crippen LogP) is 4.34. The first-order valence-corrected chi connectivity index (χ1v) is 12.4. The molecule has 0 saturated carbocycles. The standard InChI is InChI=1S/C25H25FN4O2S/c1-17-6-11-25(18(2)14-17)33(31,32)28-20-12-13-29(16-20)23-4-3-5-24-22(23)15-27-30(24)21-9-7-19(26)8-10-21/h3-11,14-15,20,28H,12-13,16H2,1-2H3/t20-/m0/s1. The second kappa shape index (κ2) is 8.28. The van der Waals surface area contributed by atoms with Crippen molar-refractivity contribution in [3.05, 3.63) is 83.8 Å². The number of sulfonamides is 1. The van der Waals surface area contributed by atoms with E-state index >= 15 is 0 Å². The third-order valence-corrected chi connectivity index (χ3v) is 7.81. The zero-order valence-electron chi connectivity index (χ0n) is 18.5. The van der Waals surface area contributed by atoms with E-state index < -0.39 is 10.0 Å². The first kappa shape index (κ1) is 21.6. The minimum atomic E-state index is -3.60. The van der Waals surface area contributed by atoms with Gasteiger partial charge in [-0.25, -0.2) is 22.2 Å². The van der Waals surface area contributed by atoms with E-state index in [1.165, 1.54) is 12.1 Å². The molecule has 5 rings (SSSR count). The van der Waals surface area contributed by atoms with E-state index in [2.05, 4.69) is 14.7 Å². The first-order chi connectivity index (χ1) is 15.8. The van der Waals surface area contributed by atoms with Crippen molar-refractivity contribution < 1.29 is 12.8 Å². The maximum absolute atomic E-state index is 13.3. The summed E-state index contributed by atoms with van der Waals surface area (Å²) in [5.41, 5.74) is 4.49. The Hall–Kier alpha value is -3.23. The van der Waals surface area contributed by atoms with Crippen molar-refractivity contribution in [1.82, 2.24) is 14.5 Å². The summed E-state index contributed by atoms with van der Waals surface area (Å²) in [5, 5.41) is 5.49. The topological polar surface area (TPSA) is 67.2 Å². The summed E-state index contributed by atoms with van der Waals surface area (Å²) in [6, 6.07) is 17.4. The smallest absolute Gasteiger partial charge is 0.241 e. The quantitative estimate of drug-likeness (QED) is 0.477. The summed E-state index contributed by atoms with van der Waals surface area (Å²) >= 11 is 0. The summed E-state index contributed by atoms with van der Waals surface area (Å²) < 4.78 is 44.0. The van der Waals surface area contributed by atoms with Crippen molar-refractivity contribution in [3.8, 4) is 5.69 Å². The van der Waals surface area contributed by atoms with Crippen LogP contribution in [0.1, 0.15) is 17.5 Å².